The number of pyridine rings is 1. The zero-order valence-electron chi connectivity index (χ0n) is 12.8. The van der Waals surface area contributed by atoms with Crippen molar-refractivity contribution in [2.24, 2.45) is 4.99 Å². The maximum atomic E-state index is 12.8. The molecule has 1 aliphatic rings. The minimum Gasteiger partial charge on any atom is -0.508 e. The molecule has 5 heteroatoms. The van der Waals surface area contributed by atoms with Crippen LogP contribution in [0.5, 0.6) is 0 Å². The van der Waals surface area contributed by atoms with Gasteiger partial charge in [0.2, 0.25) is 0 Å². The van der Waals surface area contributed by atoms with E-state index in [-0.39, 0.29) is 11.5 Å². The van der Waals surface area contributed by atoms with E-state index >= 15 is 0 Å². The Balaban J connectivity index is 2.00. The van der Waals surface area contributed by atoms with E-state index in [0.717, 1.165) is 5.57 Å². The van der Waals surface area contributed by atoms with Gasteiger partial charge in [-0.2, -0.15) is 0 Å². The van der Waals surface area contributed by atoms with Crippen molar-refractivity contribution in [3.63, 3.8) is 0 Å². The van der Waals surface area contributed by atoms with Crippen LogP contribution in [0.3, 0.4) is 0 Å². The lowest BCUT2D eigenvalue weighted by molar-refractivity contribution is 0.103. The maximum absolute atomic E-state index is 12.8. The molecule has 0 fully saturated rings. The highest BCUT2D eigenvalue weighted by Gasteiger charge is 2.17. The minimum absolute atomic E-state index is 0.0908. The predicted octanol–water partition coefficient (Wildman–Crippen LogP) is 4.27. The molecule has 0 radical (unpaired) electrons. The molecule has 0 aliphatic carbocycles. The zero-order chi connectivity index (χ0) is 16.9. The van der Waals surface area contributed by atoms with E-state index in [4.69, 9.17) is 11.6 Å². The van der Waals surface area contributed by atoms with Crippen LogP contribution in [0, 0.1) is 0 Å². The quantitative estimate of drug-likeness (QED) is 0.669. The summed E-state index contributed by atoms with van der Waals surface area (Å²) in [6.07, 6.45) is 7.17. The second-order valence-electron chi connectivity index (χ2n) is 5.27. The van der Waals surface area contributed by atoms with E-state index in [1.165, 1.54) is 6.08 Å². The van der Waals surface area contributed by atoms with E-state index in [9.17, 15) is 9.90 Å². The van der Waals surface area contributed by atoms with E-state index in [0.29, 0.717) is 34.8 Å². The van der Waals surface area contributed by atoms with E-state index in [2.05, 4.69) is 9.98 Å². The molecule has 120 valence electrons. The van der Waals surface area contributed by atoms with Crippen molar-refractivity contribution in [3.05, 3.63) is 81.8 Å². The summed E-state index contributed by atoms with van der Waals surface area (Å²) in [5.41, 5.74) is 1.97. The van der Waals surface area contributed by atoms with Gasteiger partial charge in [-0.05, 0) is 42.3 Å². The molecule has 0 saturated carbocycles. The first-order valence-corrected chi connectivity index (χ1v) is 7.89. The Bertz CT molecular complexity index is 869. The minimum atomic E-state index is -0.230. The molecule has 1 aromatic carbocycles. The van der Waals surface area contributed by atoms with Crippen molar-refractivity contribution >= 4 is 29.7 Å². The lowest BCUT2D eigenvalue weighted by Crippen LogP contribution is -2.06. The second-order valence-corrected chi connectivity index (χ2v) is 5.68. The SMILES string of the molecule is O=C(c1ccccc1Cl)c1cccnc1/C=C(/O)C1=CC=NCC1. The topological polar surface area (TPSA) is 62.5 Å². The van der Waals surface area contributed by atoms with Crippen LogP contribution < -0.4 is 0 Å². The van der Waals surface area contributed by atoms with Crippen molar-refractivity contribution in [2.45, 2.75) is 6.42 Å². The molecule has 0 atom stereocenters. The zero-order valence-corrected chi connectivity index (χ0v) is 13.6. The van der Waals surface area contributed by atoms with Crippen LogP contribution in [0.1, 0.15) is 28.0 Å². The van der Waals surface area contributed by atoms with Crippen LogP contribution in [-0.2, 0) is 0 Å². The standard InChI is InChI=1S/C19H15ClN2O2/c20-16-6-2-1-4-14(16)19(24)15-5-3-9-22-17(15)12-18(23)13-7-10-21-11-8-13/h1-7,9-10,12,23H,8,11H2/b18-12+. The van der Waals surface area contributed by atoms with Crippen molar-refractivity contribution in [1.82, 2.24) is 4.98 Å². The highest BCUT2D eigenvalue weighted by molar-refractivity contribution is 6.35. The Morgan fingerprint density at radius 1 is 1.17 bits per heavy atom. The number of benzene rings is 1. The van der Waals surface area contributed by atoms with Crippen molar-refractivity contribution in [2.75, 3.05) is 6.54 Å². The average molecular weight is 339 g/mol. The molecule has 0 bridgehead atoms. The van der Waals surface area contributed by atoms with E-state index in [1.807, 2.05) is 0 Å². The van der Waals surface area contributed by atoms with Crippen molar-refractivity contribution in [3.8, 4) is 0 Å². The van der Waals surface area contributed by atoms with Crippen LogP contribution in [0.15, 0.2) is 65.0 Å². The number of carbonyl (C=O) groups is 1. The number of dihydropyridines is 1. The fourth-order valence-corrected chi connectivity index (χ4v) is 2.66. The fourth-order valence-electron chi connectivity index (χ4n) is 2.44. The first-order valence-electron chi connectivity index (χ1n) is 7.51. The van der Waals surface area contributed by atoms with Gasteiger partial charge in [-0.15, -0.1) is 0 Å². The molecule has 0 spiro atoms. The Hall–Kier alpha value is -2.72. The van der Waals surface area contributed by atoms with Crippen LogP contribution in [0.4, 0.5) is 0 Å². The molecule has 2 aromatic rings. The molecule has 24 heavy (non-hydrogen) atoms. The van der Waals surface area contributed by atoms with Crippen LogP contribution in [-0.4, -0.2) is 28.6 Å². The van der Waals surface area contributed by atoms with E-state index in [1.54, 1.807) is 54.9 Å². The number of hydrogen-bond acceptors (Lipinski definition) is 4. The second kappa shape index (κ2) is 7.23. The molecule has 1 aliphatic heterocycles. The largest absolute Gasteiger partial charge is 0.508 e. The number of hydrogen-bond donors (Lipinski definition) is 1. The summed E-state index contributed by atoms with van der Waals surface area (Å²) >= 11 is 6.12. The van der Waals surface area contributed by atoms with Crippen LogP contribution in [0.2, 0.25) is 5.02 Å². The third kappa shape index (κ3) is 3.44. The van der Waals surface area contributed by atoms with Crippen molar-refractivity contribution < 1.29 is 9.90 Å². The van der Waals surface area contributed by atoms with Gasteiger partial charge in [0.25, 0.3) is 0 Å². The number of carbonyl (C=O) groups excluding carboxylic acids is 1. The first-order chi connectivity index (χ1) is 11.7. The van der Waals surface area contributed by atoms with Gasteiger partial charge < -0.3 is 5.11 Å². The maximum Gasteiger partial charge on any atom is 0.196 e. The van der Waals surface area contributed by atoms with Crippen LogP contribution in [0.25, 0.3) is 6.08 Å². The van der Waals surface area contributed by atoms with E-state index < -0.39 is 0 Å². The molecular formula is C19H15ClN2O2. The number of aromatic nitrogens is 1. The lowest BCUT2D eigenvalue weighted by atomic mass is 10.0. The summed E-state index contributed by atoms with van der Waals surface area (Å²) in [6, 6.07) is 10.2. The summed E-state index contributed by atoms with van der Waals surface area (Å²) < 4.78 is 0. The Kier molecular flexibility index (Phi) is 4.87. The highest BCUT2D eigenvalue weighted by atomic mass is 35.5. The van der Waals surface area contributed by atoms with Gasteiger partial charge in [-0.3, -0.25) is 14.8 Å². The average Bonchev–Trinajstić information content (AvgIpc) is 2.63. The predicted molar refractivity (Wildman–Crippen MR) is 95.8 cm³/mol. The molecule has 0 amide bonds. The van der Waals surface area contributed by atoms with Gasteiger partial charge in [-0.25, -0.2) is 0 Å². The fraction of sp³-hybridized carbons (Fsp3) is 0.105. The van der Waals surface area contributed by atoms with Gasteiger partial charge in [-0.1, -0.05) is 23.7 Å². The molecule has 1 N–H and O–H groups in total. The molecule has 0 unspecified atom stereocenters. The number of rotatable bonds is 4. The first kappa shape index (κ1) is 16.1. The third-order valence-electron chi connectivity index (χ3n) is 3.70. The number of aliphatic hydroxyl groups excluding tert-OH is 1. The van der Waals surface area contributed by atoms with Gasteiger partial charge >= 0.3 is 0 Å². The van der Waals surface area contributed by atoms with Crippen LogP contribution >= 0.6 is 11.6 Å². The summed E-state index contributed by atoms with van der Waals surface area (Å²) in [5.74, 6) is -0.139. The normalized spacial score (nSPS) is 14.4. The molecule has 2 heterocycles. The van der Waals surface area contributed by atoms with Gasteiger partial charge in [0, 0.05) is 36.2 Å². The van der Waals surface area contributed by atoms with Crippen molar-refractivity contribution in [1.29, 1.82) is 0 Å². The Morgan fingerprint density at radius 3 is 2.71 bits per heavy atom. The molecule has 4 nitrogen and oxygen atoms in total. The lowest BCUT2D eigenvalue weighted by Gasteiger charge is -2.09. The molecular weight excluding hydrogens is 324 g/mol. The molecule has 1 aromatic heterocycles. The number of halogens is 1. The summed E-state index contributed by atoms with van der Waals surface area (Å²) in [4.78, 5) is 21.1. The summed E-state index contributed by atoms with van der Waals surface area (Å²) in [5, 5.41) is 10.7. The summed E-state index contributed by atoms with van der Waals surface area (Å²) in [7, 11) is 0. The number of aliphatic imine (C=N–C) groups is 1. The third-order valence-corrected chi connectivity index (χ3v) is 4.03. The smallest absolute Gasteiger partial charge is 0.196 e. The number of allylic oxidation sites excluding steroid dienone is 2. The highest BCUT2D eigenvalue weighted by Crippen LogP contribution is 2.23. The number of nitrogens with zero attached hydrogens (tertiary/aromatic N) is 2. The summed E-state index contributed by atoms with van der Waals surface area (Å²) in [6.45, 7) is 0.636. The molecule has 0 saturated heterocycles. The van der Waals surface area contributed by atoms with Gasteiger partial charge in [0.05, 0.1) is 10.7 Å². The van der Waals surface area contributed by atoms with Gasteiger partial charge in [0.1, 0.15) is 5.76 Å². The Labute approximate surface area is 144 Å². The number of aliphatic hydroxyl groups is 1. The number of ketones is 1. The Morgan fingerprint density at radius 2 is 1.96 bits per heavy atom. The monoisotopic (exact) mass is 338 g/mol. The van der Waals surface area contributed by atoms with Gasteiger partial charge in [0.15, 0.2) is 5.78 Å². The molecule has 3 rings (SSSR count).